The fraction of sp³-hybridized carbons (Fsp3) is 0.950. The van der Waals surface area contributed by atoms with Crippen LogP contribution in [0.25, 0.3) is 10.4 Å². The summed E-state index contributed by atoms with van der Waals surface area (Å²) < 4.78 is 0. The number of carbonyl (C=O) groups excluding carboxylic acids is 1. The number of unbranched alkanes of at least 4 members (excludes halogenated alkanes) is 1. The Morgan fingerprint density at radius 3 is 2.46 bits per heavy atom. The minimum Gasteiger partial charge on any atom is -0.393 e. The molecule has 0 spiro atoms. The van der Waals surface area contributed by atoms with Gasteiger partial charge in [0.1, 0.15) is 0 Å². The predicted molar refractivity (Wildman–Crippen MR) is 106 cm³/mol. The van der Waals surface area contributed by atoms with Gasteiger partial charge >= 0.3 is 0 Å². The molecule has 0 bridgehead atoms. The Morgan fingerprint density at radius 2 is 1.92 bits per heavy atom. The van der Waals surface area contributed by atoms with Gasteiger partial charge in [-0.1, -0.05) is 70.8 Å². The fourth-order valence-corrected chi connectivity index (χ4v) is 3.91. The lowest BCUT2D eigenvalue weighted by Crippen LogP contribution is -2.38. The zero-order valence-electron chi connectivity index (χ0n) is 16.9. The van der Waals surface area contributed by atoms with Crippen molar-refractivity contribution in [3.05, 3.63) is 10.4 Å². The second kappa shape index (κ2) is 13.0. The molecule has 1 aliphatic carbocycles. The Balaban J connectivity index is 2.67. The van der Waals surface area contributed by atoms with E-state index in [0.717, 1.165) is 32.1 Å². The highest BCUT2D eigenvalue weighted by Gasteiger charge is 2.30. The lowest BCUT2D eigenvalue weighted by atomic mass is 9.84. The van der Waals surface area contributed by atoms with E-state index in [1.807, 2.05) is 13.8 Å². The van der Waals surface area contributed by atoms with Crippen molar-refractivity contribution >= 4 is 5.91 Å². The molecule has 0 aromatic carbocycles. The Morgan fingerprint density at radius 1 is 1.27 bits per heavy atom. The van der Waals surface area contributed by atoms with Gasteiger partial charge < -0.3 is 10.4 Å². The summed E-state index contributed by atoms with van der Waals surface area (Å²) in [6.07, 6.45) is 9.61. The van der Waals surface area contributed by atoms with Gasteiger partial charge in [-0.25, -0.2) is 0 Å². The average Bonchev–Trinajstić information content (AvgIpc) is 2.87. The van der Waals surface area contributed by atoms with E-state index in [4.69, 9.17) is 5.53 Å². The van der Waals surface area contributed by atoms with Gasteiger partial charge in [-0.05, 0) is 36.6 Å². The minimum atomic E-state index is -0.765. The maximum absolute atomic E-state index is 12.5. The first-order valence-corrected chi connectivity index (χ1v) is 10.5. The molecule has 0 heterocycles. The summed E-state index contributed by atoms with van der Waals surface area (Å²) in [6.45, 7) is 6.78. The molecule has 1 amide bonds. The standard InChI is InChI=1S/C20H38N4O2/c1-4-5-12-22-20(26)17(15(2)3)14-19(25)18(23-24-21)13-16-10-8-6-7-9-11-16/h15-19,25H,4-14H2,1-3H3,(H,22,26)/t17-,18-,19-/m0/s1. The molecule has 0 unspecified atom stereocenters. The zero-order chi connectivity index (χ0) is 19.4. The largest absolute Gasteiger partial charge is 0.393 e. The molecule has 1 fully saturated rings. The lowest BCUT2D eigenvalue weighted by Gasteiger charge is -2.28. The van der Waals surface area contributed by atoms with Crippen LogP contribution in [-0.4, -0.2) is 29.7 Å². The molecule has 0 radical (unpaired) electrons. The number of amides is 1. The Hall–Kier alpha value is -1.26. The third kappa shape index (κ3) is 8.41. The van der Waals surface area contributed by atoms with E-state index in [9.17, 15) is 9.90 Å². The first kappa shape index (κ1) is 22.8. The number of rotatable bonds is 11. The van der Waals surface area contributed by atoms with Crippen molar-refractivity contribution in [1.82, 2.24) is 5.32 Å². The highest BCUT2D eigenvalue weighted by molar-refractivity contribution is 5.78. The highest BCUT2D eigenvalue weighted by atomic mass is 16.3. The summed E-state index contributed by atoms with van der Waals surface area (Å²) in [4.78, 5) is 15.5. The molecule has 0 aromatic rings. The molecule has 1 rings (SSSR count). The van der Waals surface area contributed by atoms with Crippen LogP contribution in [0, 0.1) is 17.8 Å². The third-order valence-electron chi connectivity index (χ3n) is 5.66. The number of azide groups is 1. The van der Waals surface area contributed by atoms with Crippen LogP contribution in [0.4, 0.5) is 0 Å². The number of aliphatic hydroxyl groups is 1. The van der Waals surface area contributed by atoms with E-state index in [1.54, 1.807) is 0 Å². The third-order valence-corrected chi connectivity index (χ3v) is 5.66. The van der Waals surface area contributed by atoms with Gasteiger partial charge in [-0.15, -0.1) is 0 Å². The van der Waals surface area contributed by atoms with Crippen molar-refractivity contribution in [3.63, 3.8) is 0 Å². The van der Waals surface area contributed by atoms with Gasteiger partial charge in [-0.2, -0.15) is 0 Å². The van der Waals surface area contributed by atoms with Gasteiger partial charge in [0, 0.05) is 17.4 Å². The van der Waals surface area contributed by atoms with Crippen LogP contribution in [0.15, 0.2) is 5.11 Å². The number of hydrogen-bond acceptors (Lipinski definition) is 3. The first-order valence-electron chi connectivity index (χ1n) is 10.5. The molecule has 26 heavy (non-hydrogen) atoms. The topological polar surface area (TPSA) is 98.1 Å². The van der Waals surface area contributed by atoms with E-state index in [0.29, 0.717) is 18.9 Å². The molecular weight excluding hydrogens is 328 g/mol. The van der Waals surface area contributed by atoms with Crippen LogP contribution in [0.3, 0.4) is 0 Å². The molecule has 2 N–H and O–H groups in total. The summed E-state index contributed by atoms with van der Waals surface area (Å²) in [7, 11) is 0. The maximum Gasteiger partial charge on any atom is 0.223 e. The SMILES string of the molecule is CCCCNC(=O)[C@@H](C[C@H](O)[C@H](CC1CCCCCC1)N=[N+]=[N-])C(C)C. The van der Waals surface area contributed by atoms with Crippen molar-refractivity contribution in [3.8, 4) is 0 Å². The van der Waals surface area contributed by atoms with Crippen LogP contribution >= 0.6 is 0 Å². The van der Waals surface area contributed by atoms with Gasteiger partial charge in [0.15, 0.2) is 0 Å². The van der Waals surface area contributed by atoms with Crippen molar-refractivity contribution in [1.29, 1.82) is 0 Å². The predicted octanol–water partition coefficient (Wildman–Crippen LogP) is 4.97. The second-order valence-corrected chi connectivity index (χ2v) is 8.16. The number of carbonyl (C=O) groups is 1. The van der Waals surface area contributed by atoms with E-state index in [-0.39, 0.29) is 17.7 Å². The lowest BCUT2D eigenvalue weighted by molar-refractivity contribution is -0.127. The second-order valence-electron chi connectivity index (χ2n) is 8.16. The van der Waals surface area contributed by atoms with Crippen LogP contribution in [0.1, 0.15) is 85.0 Å². The number of hydrogen-bond donors (Lipinski definition) is 2. The molecule has 0 aromatic heterocycles. The van der Waals surface area contributed by atoms with Crippen molar-refractivity contribution < 1.29 is 9.90 Å². The number of nitrogens with zero attached hydrogens (tertiary/aromatic N) is 3. The summed E-state index contributed by atoms with van der Waals surface area (Å²) in [6, 6.07) is -0.437. The Kier molecular flexibility index (Phi) is 11.4. The summed E-state index contributed by atoms with van der Waals surface area (Å²) in [5.74, 6) is 0.392. The monoisotopic (exact) mass is 366 g/mol. The zero-order valence-corrected chi connectivity index (χ0v) is 16.9. The summed E-state index contributed by atoms with van der Waals surface area (Å²) in [5.41, 5.74) is 8.93. The molecule has 0 aliphatic heterocycles. The van der Waals surface area contributed by atoms with Crippen LogP contribution < -0.4 is 5.32 Å². The van der Waals surface area contributed by atoms with Crippen LogP contribution in [-0.2, 0) is 4.79 Å². The summed E-state index contributed by atoms with van der Waals surface area (Å²) in [5, 5.41) is 17.6. The van der Waals surface area contributed by atoms with E-state index in [1.165, 1.54) is 25.7 Å². The molecule has 150 valence electrons. The van der Waals surface area contributed by atoms with Gasteiger partial charge in [0.2, 0.25) is 5.91 Å². The van der Waals surface area contributed by atoms with Crippen molar-refractivity contribution in [2.24, 2.45) is 22.9 Å². The van der Waals surface area contributed by atoms with Crippen LogP contribution in [0.5, 0.6) is 0 Å². The van der Waals surface area contributed by atoms with Gasteiger partial charge in [0.25, 0.3) is 0 Å². The first-order chi connectivity index (χ1) is 12.5. The molecule has 6 nitrogen and oxygen atoms in total. The van der Waals surface area contributed by atoms with E-state index >= 15 is 0 Å². The minimum absolute atomic E-state index is 0.00153. The fourth-order valence-electron chi connectivity index (χ4n) is 3.91. The van der Waals surface area contributed by atoms with Crippen molar-refractivity contribution in [2.75, 3.05) is 6.54 Å². The van der Waals surface area contributed by atoms with E-state index < -0.39 is 12.1 Å². The summed E-state index contributed by atoms with van der Waals surface area (Å²) >= 11 is 0. The molecule has 0 saturated heterocycles. The molecule has 1 saturated carbocycles. The Bertz CT molecular complexity index is 441. The maximum atomic E-state index is 12.5. The van der Waals surface area contributed by atoms with Crippen LogP contribution in [0.2, 0.25) is 0 Å². The Labute approximate surface area is 158 Å². The molecular formula is C20H38N4O2. The van der Waals surface area contributed by atoms with Gasteiger partial charge in [0.05, 0.1) is 12.1 Å². The molecule has 3 atom stereocenters. The number of nitrogens with one attached hydrogen (secondary N) is 1. The normalized spacial score (nSPS) is 19.3. The highest BCUT2D eigenvalue weighted by Crippen LogP contribution is 2.30. The van der Waals surface area contributed by atoms with E-state index in [2.05, 4.69) is 22.3 Å². The van der Waals surface area contributed by atoms with Gasteiger partial charge in [-0.3, -0.25) is 4.79 Å². The quantitative estimate of drug-likeness (QED) is 0.177. The molecule has 6 heteroatoms. The smallest absolute Gasteiger partial charge is 0.223 e. The average molecular weight is 367 g/mol. The molecule has 1 aliphatic rings. The van der Waals surface area contributed by atoms with Crippen molar-refractivity contribution in [2.45, 2.75) is 97.1 Å². The number of aliphatic hydroxyl groups excluding tert-OH is 1.